The lowest BCUT2D eigenvalue weighted by Gasteiger charge is -2.06. The summed E-state index contributed by atoms with van der Waals surface area (Å²) in [6.45, 7) is 3.88. The highest BCUT2D eigenvalue weighted by molar-refractivity contribution is 7.12. The minimum absolute atomic E-state index is 0.155. The molecule has 0 fully saturated rings. The number of pyridine rings is 1. The van der Waals surface area contributed by atoms with Crippen molar-refractivity contribution in [1.82, 2.24) is 9.38 Å². The van der Waals surface area contributed by atoms with Gasteiger partial charge in [-0.2, -0.15) is 0 Å². The van der Waals surface area contributed by atoms with Gasteiger partial charge in [-0.15, -0.1) is 11.3 Å². The molecule has 0 aromatic carbocycles. The van der Waals surface area contributed by atoms with Gasteiger partial charge in [0.2, 0.25) is 0 Å². The second kappa shape index (κ2) is 5.65. The number of carbonyl (C=O) groups excluding carboxylic acids is 1. The molecule has 120 valence electrons. The van der Waals surface area contributed by atoms with Crippen LogP contribution >= 0.6 is 11.3 Å². The van der Waals surface area contributed by atoms with E-state index in [1.54, 1.807) is 6.07 Å². The lowest BCUT2D eigenvalue weighted by molar-refractivity contribution is 0.103. The summed E-state index contributed by atoms with van der Waals surface area (Å²) in [6, 6.07) is 11.3. The molecule has 1 N–H and O–H groups in total. The third-order valence-electron chi connectivity index (χ3n) is 3.72. The van der Waals surface area contributed by atoms with E-state index in [4.69, 9.17) is 4.42 Å². The van der Waals surface area contributed by atoms with E-state index >= 15 is 0 Å². The second-order valence-electron chi connectivity index (χ2n) is 5.59. The molecule has 24 heavy (non-hydrogen) atoms. The molecule has 0 aliphatic carbocycles. The molecule has 5 nitrogen and oxygen atoms in total. The number of furan rings is 1. The quantitative estimate of drug-likeness (QED) is 0.598. The first-order chi connectivity index (χ1) is 11.6. The van der Waals surface area contributed by atoms with Gasteiger partial charge in [-0.05, 0) is 49.1 Å². The number of hydrogen-bond donors (Lipinski definition) is 1. The van der Waals surface area contributed by atoms with Crippen LogP contribution in [0.2, 0.25) is 0 Å². The van der Waals surface area contributed by atoms with Crippen LogP contribution in [0.3, 0.4) is 0 Å². The van der Waals surface area contributed by atoms with Crippen LogP contribution in [-0.2, 0) is 0 Å². The van der Waals surface area contributed by atoms with Gasteiger partial charge in [0.25, 0.3) is 5.91 Å². The average molecular weight is 337 g/mol. The first kappa shape index (κ1) is 14.7. The topological polar surface area (TPSA) is 59.5 Å². The number of fused-ring (bicyclic) bond motifs is 1. The number of nitrogens with one attached hydrogen (secondary N) is 1. The molecule has 4 rings (SSSR count). The van der Waals surface area contributed by atoms with Crippen molar-refractivity contribution in [3.8, 4) is 11.5 Å². The van der Waals surface area contributed by atoms with E-state index in [9.17, 15) is 4.79 Å². The van der Waals surface area contributed by atoms with E-state index in [2.05, 4.69) is 10.3 Å². The minimum Gasteiger partial charge on any atom is -0.460 e. The number of nitrogens with zero attached hydrogens (tertiary/aromatic N) is 2. The molecule has 1 amide bonds. The van der Waals surface area contributed by atoms with Crippen LogP contribution in [0.1, 0.15) is 21.0 Å². The number of aryl methyl sites for hydroxylation is 2. The van der Waals surface area contributed by atoms with Gasteiger partial charge in [-0.25, -0.2) is 4.98 Å². The first-order valence-electron chi connectivity index (χ1n) is 7.52. The average Bonchev–Trinajstić information content (AvgIpc) is 3.28. The lowest BCUT2D eigenvalue weighted by atomic mass is 10.3. The molecular weight excluding hydrogens is 322 g/mol. The Kier molecular flexibility index (Phi) is 3.46. The van der Waals surface area contributed by atoms with E-state index in [-0.39, 0.29) is 5.91 Å². The molecule has 4 heterocycles. The molecule has 0 saturated heterocycles. The molecule has 0 aliphatic heterocycles. The number of imidazole rings is 1. The standard InChI is InChI=1S/C18H15N3O2S/c1-11-5-8-15-19-16(13-7-6-12(2)23-13)17(21(15)10-11)20-18(22)14-4-3-9-24-14/h3-10H,1-2H3,(H,20,22). The number of carbonyl (C=O) groups is 1. The molecule has 0 saturated carbocycles. The Bertz CT molecular complexity index is 1030. The van der Waals surface area contributed by atoms with Gasteiger partial charge in [-0.3, -0.25) is 9.20 Å². The van der Waals surface area contributed by atoms with E-state index in [0.717, 1.165) is 17.0 Å². The first-order valence-corrected chi connectivity index (χ1v) is 8.40. The molecule has 0 atom stereocenters. The van der Waals surface area contributed by atoms with E-state index in [0.29, 0.717) is 22.1 Å². The summed E-state index contributed by atoms with van der Waals surface area (Å²) < 4.78 is 7.60. The predicted molar refractivity (Wildman–Crippen MR) is 94.6 cm³/mol. The van der Waals surface area contributed by atoms with Gasteiger partial charge >= 0.3 is 0 Å². The number of anilines is 1. The molecule has 0 bridgehead atoms. The van der Waals surface area contributed by atoms with Crippen molar-refractivity contribution in [2.75, 3.05) is 5.32 Å². The minimum atomic E-state index is -0.155. The Morgan fingerprint density at radius 1 is 1.21 bits per heavy atom. The van der Waals surface area contributed by atoms with E-state index < -0.39 is 0 Å². The number of thiophene rings is 1. The Balaban J connectivity index is 1.87. The summed E-state index contributed by atoms with van der Waals surface area (Å²) in [5.74, 6) is 1.89. The number of aromatic nitrogens is 2. The summed E-state index contributed by atoms with van der Waals surface area (Å²) in [5, 5.41) is 4.86. The summed E-state index contributed by atoms with van der Waals surface area (Å²) in [4.78, 5) is 17.8. The van der Waals surface area contributed by atoms with Crippen LogP contribution in [0.25, 0.3) is 17.1 Å². The zero-order valence-corrected chi connectivity index (χ0v) is 14.1. The maximum atomic E-state index is 12.5. The highest BCUT2D eigenvalue weighted by Gasteiger charge is 2.19. The van der Waals surface area contributed by atoms with Crippen LogP contribution in [-0.4, -0.2) is 15.3 Å². The fourth-order valence-corrected chi connectivity index (χ4v) is 3.20. The van der Waals surface area contributed by atoms with Crippen molar-refractivity contribution in [1.29, 1.82) is 0 Å². The van der Waals surface area contributed by atoms with Crippen molar-refractivity contribution >= 4 is 28.7 Å². The Labute approximate surface area is 142 Å². The maximum Gasteiger partial charge on any atom is 0.266 e. The monoisotopic (exact) mass is 337 g/mol. The second-order valence-corrected chi connectivity index (χ2v) is 6.53. The summed E-state index contributed by atoms with van der Waals surface area (Å²) in [6.07, 6.45) is 1.95. The van der Waals surface area contributed by atoms with Gasteiger partial charge in [0.05, 0.1) is 4.88 Å². The van der Waals surface area contributed by atoms with Gasteiger partial charge < -0.3 is 9.73 Å². The van der Waals surface area contributed by atoms with Crippen LogP contribution in [0.5, 0.6) is 0 Å². The van der Waals surface area contributed by atoms with Gasteiger partial charge in [0, 0.05) is 6.20 Å². The van der Waals surface area contributed by atoms with Crippen molar-refractivity contribution in [2.45, 2.75) is 13.8 Å². The highest BCUT2D eigenvalue weighted by Crippen LogP contribution is 2.31. The van der Waals surface area contributed by atoms with Crippen LogP contribution < -0.4 is 5.32 Å². The lowest BCUT2D eigenvalue weighted by Crippen LogP contribution is -2.12. The molecule has 4 aromatic heterocycles. The Morgan fingerprint density at radius 3 is 2.79 bits per heavy atom. The third kappa shape index (κ3) is 2.51. The van der Waals surface area contributed by atoms with Crippen molar-refractivity contribution in [2.24, 2.45) is 0 Å². The third-order valence-corrected chi connectivity index (χ3v) is 4.59. The Morgan fingerprint density at radius 2 is 2.08 bits per heavy atom. The summed E-state index contributed by atoms with van der Waals surface area (Å²) in [7, 11) is 0. The SMILES string of the molecule is Cc1ccc2nc(-c3ccc(C)o3)c(NC(=O)c3cccs3)n2c1. The van der Waals surface area contributed by atoms with E-state index in [1.807, 2.05) is 60.2 Å². The molecule has 0 spiro atoms. The molecule has 0 unspecified atom stereocenters. The van der Waals surface area contributed by atoms with Crippen molar-refractivity contribution in [3.63, 3.8) is 0 Å². The van der Waals surface area contributed by atoms with Crippen molar-refractivity contribution < 1.29 is 9.21 Å². The largest absolute Gasteiger partial charge is 0.460 e. The zero-order valence-electron chi connectivity index (χ0n) is 13.2. The highest BCUT2D eigenvalue weighted by atomic mass is 32.1. The fourth-order valence-electron chi connectivity index (χ4n) is 2.58. The van der Waals surface area contributed by atoms with E-state index in [1.165, 1.54) is 11.3 Å². The molecular formula is C18H15N3O2S. The van der Waals surface area contributed by atoms with Crippen molar-refractivity contribution in [3.05, 3.63) is 64.2 Å². The Hall–Kier alpha value is -2.86. The number of amides is 1. The fraction of sp³-hybridized carbons (Fsp3) is 0.111. The van der Waals surface area contributed by atoms with Crippen LogP contribution in [0.4, 0.5) is 5.82 Å². The van der Waals surface area contributed by atoms with Crippen LogP contribution in [0.15, 0.2) is 52.4 Å². The van der Waals surface area contributed by atoms with Crippen LogP contribution in [0, 0.1) is 13.8 Å². The maximum absolute atomic E-state index is 12.5. The molecule has 0 radical (unpaired) electrons. The van der Waals surface area contributed by atoms with Gasteiger partial charge in [-0.1, -0.05) is 12.1 Å². The summed E-state index contributed by atoms with van der Waals surface area (Å²) >= 11 is 1.40. The number of hydrogen-bond acceptors (Lipinski definition) is 4. The zero-order chi connectivity index (χ0) is 16.7. The molecule has 4 aromatic rings. The van der Waals surface area contributed by atoms with Gasteiger partial charge in [0.1, 0.15) is 22.9 Å². The smallest absolute Gasteiger partial charge is 0.266 e. The molecule has 0 aliphatic rings. The summed E-state index contributed by atoms with van der Waals surface area (Å²) in [5.41, 5.74) is 2.46. The predicted octanol–water partition coefficient (Wildman–Crippen LogP) is 4.52. The molecule has 6 heteroatoms. The van der Waals surface area contributed by atoms with Gasteiger partial charge in [0.15, 0.2) is 5.76 Å². The normalized spacial score (nSPS) is 11.1. The number of rotatable bonds is 3.